The fourth-order valence-electron chi connectivity index (χ4n) is 2.48. The number of hydrogen-bond donors (Lipinski definition) is 1. The molecule has 0 saturated carbocycles. The maximum atomic E-state index is 12.5. The monoisotopic (exact) mass is 399 g/mol. The molecule has 1 heterocycles. The Morgan fingerprint density at radius 1 is 1.18 bits per heavy atom. The predicted octanol–water partition coefficient (Wildman–Crippen LogP) is 3.18. The Hall–Kier alpha value is -3.26. The van der Waals surface area contributed by atoms with Crippen LogP contribution in [0.5, 0.6) is 11.5 Å². The number of imide groups is 1. The van der Waals surface area contributed by atoms with Crippen molar-refractivity contribution in [1.29, 1.82) is 0 Å². The van der Waals surface area contributed by atoms with Crippen molar-refractivity contribution in [3.05, 3.63) is 64.6 Å². The number of rotatable bonds is 6. The minimum absolute atomic E-state index is 0.0334. The molecule has 1 aliphatic heterocycles. The Labute approximate surface area is 165 Å². The molecule has 2 aromatic rings. The highest BCUT2D eigenvalue weighted by Crippen LogP contribution is 2.34. The highest BCUT2D eigenvalue weighted by molar-refractivity contribution is 8.18. The molecular formula is C20H17NO6S. The summed E-state index contributed by atoms with van der Waals surface area (Å²) in [7, 11) is 1.41. The van der Waals surface area contributed by atoms with Crippen molar-refractivity contribution in [2.45, 2.75) is 6.61 Å². The molecule has 1 fully saturated rings. The second-order valence-electron chi connectivity index (χ2n) is 5.85. The van der Waals surface area contributed by atoms with E-state index < -0.39 is 23.7 Å². The second kappa shape index (κ2) is 8.62. The summed E-state index contributed by atoms with van der Waals surface area (Å²) in [6, 6.07) is 13.7. The second-order valence-corrected chi connectivity index (χ2v) is 6.84. The Kier molecular flexibility index (Phi) is 6.00. The van der Waals surface area contributed by atoms with Gasteiger partial charge in [0.1, 0.15) is 13.2 Å². The Morgan fingerprint density at radius 2 is 1.93 bits per heavy atom. The van der Waals surface area contributed by atoms with E-state index in [9.17, 15) is 19.5 Å². The molecule has 0 aromatic heterocycles. The molecule has 3 rings (SSSR count). The molecule has 1 saturated heterocycles. The molecule has 0 unspecified atom stereocenters. The fourth-order valence-corrected chi connectivity index (χ4v) is 3.32. The summed E-state index contributed by atoms with van der Waals surface area (Å²) >= 11 is 0.738. The number of methoxy groups -OCH3 is 1. The van der Waals surface area contributed by atoms with Gasteiger partial charge in [-0.3, -0.25) is 19.3 Å². The molecule has 0 radical (unpaired) electrons. The molecule has 7 nitrogen and oxygen atoms in total. The van der Waals surface area contributed by atoms with Gasteiger partial charge < -0.3 is 14.6 Å². The number of amides is 2. The number of esters is 1. The van der Waals surface area contributed by atoms with Crippen LogP contribution in [0.1, 0.15) is 11.1 Å². The lowest BCUT2D eigenvalue weighted by atomic mass is 10.2. The van der Waals surface area contributed by atoms with Gasteiger partial charge in [-0.05, 0) is 41.1 Å². The normalized spacial score (nSPS) is 15.2. The van der Waals surface area contributed by atoms with Crippen LogP contribution in [0.3, 0.4) is 0 Å². The third-order valence-corrected chi connectivity index (χ3v) is 4.81. The highest BCUT2D eigenvalue weighted by Gasteiger charge is 2.36. The van der Waals surface area contributed by atoms with E-state index in [1.165, 1.54) is 25.3 Å². The van der Waals surface area contributed by atoms with Crippen molar-refractivity contribution in [3.63, 3.8) is 0 Å². The zero-order chi connectivity index (χ0) is 20.1. The summed E-state index contributed by atoms with van der Waals surface area (Å²) in [6.45, 7) is -0.382. The summed E-state index contributed by atoms with van der Waals surface area (Å²) in [5.41, 5.74) is 1.39. The number of ether oxygens (including phenoxy) is 2. The smallest absolute Gasteiger partial charge is 0.326 e. The van der Waals surface area contributed by atoms with Gasteiger partial charge >= 0.3 is 5.97 Å². The quantitative estimate of drug-likeness (QED) is 0.589. The molecule has 1 aliphatic rings. The van der Waals surface area contributed by atoms with Gasteiger partial charge in [-0.2, -0.15) is 0 Å². The first-order valence-corrected chi connectivity index (χ1v) is 9.11. The number of hydrogen-bond acceptors (Lipinski definition) is 7. The Morgan fingerprint density at radius 3 is 2.64 bits per heavy atom. The zero-order valence-electron chi connectivity index (χ0n) is 15.0. The first-order valence-electron chi connectivity index (χ1n) is 8.30. The first kappa shape index (κ1) is 19.5. The lowest BCUT2D eigenvalue weighted by Crippen LogP contribution is -2.34. The number of carbonyl (C=O) groups is 3. The van der Waals surface area contributed by atoms with Gasteiger partial charge in [-0.1, -0.05) is 36.4 Å². The van der Waals surface area contributed by atoms with E-state index >= 15 is 0 Å². The van der Waals surface area contributed by atoms with Crippen molar-refractivity contribution >= 4 is 35.0 Å². The van der Waals surface area contributed by atoms with Gasteiger partial charge in [-0.15, -0.1) is 0 Å². The summed E-state index contributed by atoms with van der Waals surface area (Å²) in [6.07, 6.45) is 1.50. The highest BCUT2D eigenvalue weighted by atomic mass is 32.2. The molecule has 1 N–H and O–H groups in total. The van der Waals surface area contributed by atoms with E-state index in [-0.39, 0.29) is 23.0 Å². The summed E-state index contributed by atoms with van der Waals surface area (Å²) < 4.78 is 10.2. The molecule has 0 bridgehead atoms. The molecule has 0 spiro atoms. The van der Waals surface area contributed by atoms with Crippen LogP contribution in [-0.2, 0) is 20.9 Å². The number of aromatic hydroxyl groups is 1. The minimum atomic E-state index is -0.668. The van der Waals surface area contributed by atoms with Crippen LogP contribution >= 0.6 is 11.8 Å². The minimum Gasteiger partial charge on any atom is -0.504 e. The first-order chi connectivity index (χ1) is 13.5. The summed E-state index contributed by atoms with van der Waals surface area (Å²) in [5.74, 6) is -1.02. The topological polar surface area (TPSA) is 93.1 Å². The van der Waals surface area contributed by atoms with Crippen LogP contribution in [0, 0.1) is 0 Å². The van der Waals surface area contributed by atoms with Crippen molar-refractivity contribution in [2.75, 3.05) is 13.7 Å². The maximum absolute atomic E-state index is 12.5. The van der Waals surface area contributed by atoms with Crippen LogP contribution < -0.4 is 4.74 Å². The number of carbonyl (C=O) groups excluding carboxylic acids is 3. The number of phenols is 1. The Bertz CT molecular complexity index is 941. The van der Waals surface area contributed by atoms with Crippen molar-refractivity contribution in [2.24, 2.45) is 0 Å². The summed E-state index contributed by atoms with van der Waals surface area (Å²) in [4.78, 5) is 37.6. The van der Waals surface area contributed by atoms with Crippen molar-refractivity contribution in [3.8, 4) is 11.5 Å². The molecule has 0 atom stereocenters. The average molecular weight is 399 g/mol. The van der Waals surface area contributed by atoms with Crippen molar-refractivity contribution < 1.29 is 29.0 Å². The molecule has 144 valence electrons. The van der Waals surface area contributed by atoms with Crippen LogP contribution in [0.4, 0.5) is 4.79 Å². The maximum Gasteiger partial charge on any atom is 0.326 e. The molecule has 2 aromatic carbocycles. The zero-order valence-corrected chi connectivity index (χ0v) is 15.8. The largest absolute Gasteiger partial charge is 0.504 e. The van der Waals surface area contributed by atoms with Crippen LogP contribution in [-0.4, -0.2) is 40.8 Å². The molecule has 2 amide bonds. The van der Waals surface area contributed by atoms with E-state index in [4.69, 9.17) is 9.47 Å². The SMILES string of the molecule is COc1cc(/C=C2/SC(=O)N(CC(=O)OCc3ccccc3)C2=O)ccc1O. The van der Waals surface area contributed by atoms with E-state index in [1.807, 2.05) is 30.3 Å². The van der Waals surface area contributed by atoms with Gasteiger partial charge in [0, 0.05) is 0 Å². The van der Waals surface area contributed by atoms with Gasteiger partial charge in [0.05, 0.1) is 12.0 Å². The third-order valence-electron chi connectivity index (χ3n) is 3.90. The lowest BCUT2D eigenvalue weighted by Gasteiger charge is -2.11. The van der Waals surface area contributed by atoms with Gasteiger partial charge in [0.15, 0.2) is 11.5 Å². The molecule has 8 heteroatoms. The van der Waals surface area contributed by atoms with E-state index in [2.05, 4.69) is 0 Å². The number of nitrogens with zero attached hydrogens (tertiary/aromatic N) is 1. The van der Waals surface area contributed by atoms with E-state index in [0.717, 1.165) is 22.2 Å². The standard InChI is InChI=1S/C20H17NO6S/c1-26-16-9-14(7-8-15(16)22)10-17-19(24)21(20(25)28-17)11-18(23)27-12-13-5-3-2-4-6-13/h2-10,22H,11-12H2,1H3/b17-10+. The number of phenolic OH excluding ortho intramolecular Hbond substituents is 1. The van der Waals surface area contributed by atoms with Crippen LogP contribution in [0.2, 0.25) is 0 Å². The van der Waals surface area contributed by atoms with Gasteiger partial charge in [0.2, 0.25) is 0 Å². The van der Waals surface area contributed by atoms with Gasteiger partial charge in [0.25, 0.3) is 11.1 Å². The number of thioether (sulfide) groups is 1. The van der Waals surface area contributed by atoms with E-state index in [1.54, 1.807) is 6.07 Å². The lowest BCUT2D eigenvalue weighted by molar-refractivity contribution is -0.147. The fraction of sp³-hybridized carbons (Fsp3) is 0.150. The van der Waals surface area contributed by atoms with Crippen molar-refractivity contribution in [1.82, 2.24) is 4.90 Å². The van der Waals surface area contributed by atoms with E-state index in [0.29, 0.717) is 5.56 Å². The van der Waals surface area contributed by atoms with Crippen LogP contribution in [0.25, 0.3) is 6.08 Å². The average Bonchev–Trinajstić information content (AvgIpc) is 2.96. The number of benzene rings is 2. The van der Waals surface area contributed by atoms with Gasteiger partial charge in [-0.25, -0.2) is 0 Å². The molecular weight excluding hydrogens is 382 g/mol. The molecule has 28 heavy (non-hydrogen) atoms. The summed E-state index contributed by atoms with van der Waals surface area (Å²) in [5, 5.41) is 9.09. The molecule has 0 aliphatic carbocycles. The Balaban J connectivity index is 1.65. The van der Waals surface area contributed by atoms with Crippen LogP contribution in [0.15, 0.2) is 53.4 Å². The predicted molar refractivity (Wildman–Crippen MR) is 104 cm³/mol. The third kappa shape index (κ3) is 4.52.